The molecule has 3 N–H and O–H groups in total. The molecule has 0 aromatic carbocycles. The summed E-state index contributed by atoms with van der Waals surface area (Å²) >= 11 is 0. The van der Waals surface area contributed by atoms with Gasteiger partial charge < -0.3 is 16.0 Å². The van der Waals surface area contributed by atoms with Crippen molar-refractivity contribution in [3.05, 3.63) is 0 Å². The van der Waals surface area contributed by atoms with Crippen molar-refractivity contribution in [1.82, 2.24) is 20.9 Å². The molecular weight excluding hydrogens is 348 g/mol. The third-order valence-corrected chi connectivity index (χ3v) is 6.30. The number of rotatable bonds is 13. The Hall–Kier alpha value is -0.650. The normalized spacial score (nSPS) is 22.6. The minimum absolute atomic E-state index is 0.0336. The molecule has 5 heteroatoms. The van der Waals surface area contributed by atoms with Crippen LogP contribution < -0.4 is 16.0 Å². The lowest BCUT2D eigenvalue weighted by atomic mass is 9.95. The first-order valence-corrected chi connectivity index (χ1v) is 11.8. The van der Waals surface area contributed by atoms with E-state index in [1.807, 2.05) is 7.05 Å². The lowest BCUT2D eigenvalue weighted by Crippen LogP contribution is -2.55. The maximum Gasteiger partial charge on any atom is 0.237 e. The van der Waals surface area contributed by atoms with Gasteiger partial charge in [-0.05, 0) is 58.9 Å². The Balaban J connectivity index is 2.63. The van der Waals surface area contributed by atoms with Crippen molar-refractivity contribution in [2.45, 2.75) is 117 Å². The van der Waals surface area contributed by atoms with Crippen LogP contribution in [0.1, 0.15) is 86.5 Å². The first-order valence-electron chi connectivity index (χ1n) is 11.8. The Kier molecular flexibility index (Phi) is 12.3. The zero-order valence-electron chi connectivity index (χ0n) is 19.7. The van der Waals surface area contributed by atoms with Gasteiger partial charge in [-0.1, -0.05) is 40.5 Å². The van der Waals surface area contributed by atoms with Crippen LogP contribution in [0.3, 0.4) is 0 Å². The second kappa shape index (κ2) is 13.6. The molecule has 0 spiro atoms. The average Bonchev–Trinajstić information content (AvgIpc) is 2.66. The van der Waals surface area contributed by atoms with Gasteiger partial charge in [-0.3, -0.25) is 9.69 Å². The fraction of sp³-hybridized carbons (Fsp3) is 0.957. The average molecular weight is 397 g/mol. The van der Waals surface area contributed by atoms with E-state index in [1.54, 1.807) is 0 Å². The highest BCUT2D eigenvalue weighted by molar-refractivity contribution is 5.82. The van der Waals surface area contributed by atoms with Crippen LogP contribution in [0.4, 0.5) is 0 Å². The summed E-state index contributed by atoms with van der Waals surface area (Å²) in [7, 11) is 1.99. The molecule has 166 valence electrons. The van der Waals surface area contributed by atoms with Crippen molar-refractivity contribution in [3.63, 3.8) is 0 Å². The van der Waals surface area contributed by atoms with E-state index >= 15 is 0 Å². The SMILES string of the molecule is CCCC(CCN(C(C)C)C(CCC)C(C)C)NC(=O)C1CCC(NC)CN1. The molecule has 1 aliphatic heterocycles. The molecule has 0 aliphatic carbocycles. The summed E-state index contributed by atoms with van der Waals surface area (Å²) in [5.74, 6) is 0.853. The minimum atomic E-state index is -0.0336. The van der Waals surface area contributed by atoms with Crippen LogP contribution in [0.25, 0.3) is 0 Å². The molecule has 4 atom stereocenters. The number of piperidine rings is 1. The van der Waals surface area contributed by atoms with E-state index in [0.29, 0.717) is 24.0 Å². The summed E-state index contributed by atoms with van der Waals surface area (Å²) in [5.41, 5.74) is 0. The molecular formula is C23H48N4O. The van der Waals surface area contributed by atoms with E-state index < -0.39 is 0 Å². The van der Waals surface area contributed by atoms with Gasteiger partial charge in [0.2, 0.25) is 5.91 Å². The van der Waals surface area contributed by atoms with Gasteiger partial charge in [-0.2, -0.15) is 0 Å². The lowest BCUT2D eigenvalue weighted by Gasteiger charge is -2.38. The van der Waals surface area contributed by atoms with Crippen molar-refractivity contribution in [2.24, 2.45) is 5.92 Å². The molecule has 1 rings (SSSR count). The zero-order chi connectivity index (χ0) is 21.1. The predicted molar refractivity (Wildman–Crippen MR) is 121 cm³/mol. The highest BCUT2D eigenvalue weighted by Gasteiger charge is 2.28. The van der Waals surface area contributed by atoms with Crippen molar-refractivity contribution in [3.8, 4) is 0 Å². The molecule has 1 aliphatic rings. The van der Waals surface area contributed by atoms with Gasteiger partial charge in [0.1, 0.15) is 0 Å². The van der Waals surface area contributed by atoms with Crippen LogP contribution >= 0.6 is 0 Å². The predicted octanol–water partition coefficient (Wildman–Crippen LogP) is 3.54. The molecule has 0 bridgehead atoms. The van der Waals surface area contributed by atoms with E-state index in [4.69, 9.17) is 0 Å². The van der Waals surface area contributed by atoms with Crippen LogP contribution in [0.2, 0.25) is 0 Å². The summed E-state index contributed by atoms with van der Waals surface area (Å²) in [6, 6.07) is 1.89. The number of hydrogen-bond donors (Lipinski definition) is 3. The van der Waals surface area contributed by atoms with Crippen LogP contribution in [0.15, 0.2) is 0 Å². The summed E-state index contributed by atoms with van der Waals surface area (Å²) < 4.78 is 0. The van der Waals surface area contributed by atoms with Gasteiger partial charge in [0, 0.05) is 37.3 Å². The molecule has 4 unspecified atom stereocenters. The third kappa shape index (κ3) is 8.38. The van der Waals surface area contributed by atoms with E-state index in [9.17, 15) is 4.79 Å². The van der Waals surface area contributed by atoms with Gasteiger partial charge >= 0.3 is 0 Å². The van der Waals surface area contributed by atoms with Crippen molar-refractivity contribution < 1.29 is 4.79 Å². The Morgan fingerprint density at radius 3 is 2.21 bits per heavy atom. The first kappa shape index (κ1) is 25.4. The van der Waals surface area contributed by atoms with Crippen molar-refractivity contribution in [2.75, 3.05) is 20.1 Å². The standard InChI is InChI=1S/C23H48N4O/c1-8-10-19(26-23(28)21-13-12-20(24-7)16-25-21)14-15-27(18(5)6)22(11-9-2)17(3)4/h17-22,24-25H,8-16H2,1-7H3,(H,26,28). The molecule has 0 saturated carbocycles. The number of carbonyl (C=O) groups is 1. The van der Waals surface area contributed by atoms with Gasteiger partial charge in [0.25, 0.3) is 0 Å². The third-order valence-electron chi connectivity index (χ3n) is 6.30. The Morgan fingerprint density at radius 2 is 1.75 bits per heavy atom. The van der Waals surface area contributed by atoms with Gasteiger partial charge in [0.15, 0.2) is 0 Å². The smallest absolute Gasteiger partial charge is 0.237 e. The number of amides is 1. The van der Waals surface area contributed by atoms with Crippen LogP contribution in [-0.2, 0) is 4.79 Å². The number of carbonyl (C=O) groups excluding carboxylic acids is 1. The highest BCUT2D eigenvalue weighted by atomic mass is 16.2. The van der Waals surface area contributed by atoms with Crippen molar-refractivity contribution >= 4 is 5.91 Å². The minimum Gasteiger partial charge on any atom is -0.352 e. The summed E-state index contributed by atoms with van der Waals surface area (Å²) in [6.45, 7) is 15.7. The number of nitrogens with one attached hydrogen (secondary N) is 3. The topological polar surface area (TPSA) is 56.4 Å². The summed E-state index contributed by atoms with van der Waals surface area (Å²) in [4.78, 5) is 15.5. The summed E-state index contributed by atoms with van der Waals surface area (Å²) in [5, 5.41) is 10.1. The van der Waals surface area contributed by atoms with E-state index in [-0.39, 0.29) is 18.0 Å². The quantitative estimate of drug-likeness (QED) is 0.446. The molecule has 28 heavy (non-hydrogen) atoms. The number of nitrogens with zero attached hydrogens (tertiary/aromatic N) is 1. The van der Waals surface area contributed by atoms with Crippen molar-refractivity contribution in [1.29, 1.82) is 0 Å². The molecule has 0 aromatic rings. The van der Waals surface area contributed by atoms with E-state index in [2.05, 4.69) is 62.4 Å². The first-order chi connectivity index (χ1) is 13.3. The molecule has 0 radical (unpaired) electrons. The van der Waals surface area contributed by atoms with Gasteiger partial charge in [-0.25, -0.2) is 0 Å². The lowest BCUT2D eigenvalue weighted by molar-refractivity contribution is -0.124. The Morgan fingerprint density at radius 1 is 1.07 bits per heavy atom. The summed E-state index contributed by atoms with van der Waals surface area (Å²) in [6.07, 6.45) is 7.66. The molecule has 1 heterocycles. The molecule has 0 aromatic heterocycles. The highest BCUT2D eigenvalue weighted by Crippen LogP contribution is 2.20. The van der Waals surface area contributed by atoms with Crippen LogP contribution in [-0.4, -0.2) is 61.2 Å². The molecule has 1 fully saturated rings. The molecule has 1 saturated heterocycles. The van der Waals surface area contributed by atoms with E-state index in [1.165, 1.54) is 12.8 Å². The van der Waals surface area contributed by atoms with E-state index in [0.717, 1.165) is 45.2 Å². The Bertz CT molecular complexity index is 419. The molecule has 5 nitrogen and oxygen atoms in total. The fourth-order valence-electron chi connectivity index (χ4n) is 4.56. The Labute approximate surface area is 174 Å². The second-order valence-corrected chi connectivity index (χ2v) is 9.24. The van der Waals surface area contributed by atoms with Gasteiger partial charge in [-0.15, -0.1) is 0 Å². The largest absolute Gasteiger partial charge is 0.352 e. The van der Waals surface area contributed by atoms with Crippen LogP contribution in [0.5, 0.6) is 0 Å². The van der Waals surface area contributed by atoms with Crippen LogP contribution in [0, 0.1) is 5.92 Å². The zero-order valence-corrected chi connectivity index (χ0v) is 19.7. The number of hydrogen-bond acceptors (Lipinski definition) is 4. The maximum absolute atomic E-state index is 12.8. The monoisotopic (exact) mass is 396 g/mol. The number of likely N-dealkylation sites (N-methyl/N-ethyl adjacent to an activating group) is 1. The maximum atomic E-state index is 12.8. The molecule has 1 amide bonds. The fourth-order valence-corrected chi connectivity index (χ4v) is 4.56. The van der Waals surface area contributed by atoms with Gasteiger partial charge in [0.05, 0.1) is 6.04 Å². The second-order valence-electron chi connectivity index (χ2n) is 9.24.